The van der Waals surface area contributed by atoms with E-state index in [2.05, 4.69) is 54.0 Å². The van der Waals surface area contributed by atoms with E-state index in [4.69, 9.17) is 4.74 Å². The summed E-state index contributed by atoms with van der Waals surface area (Å²) in [6.07, 6.45) is 0. The number of rotatable bonds is 3. The number of halogens is 1. The molecule has 0 aliphatic carbocycles. The largest absolute Gasteiger partial charge is 0.495 e. The van der Waals surface area contributed by atoms with Crippen LogP contribution in [0.25, 0.3) is 0 Å². The smallest absolute Gasteiger partial charge is 0.319 e. The zero-order valence-electron chi connectivity index (χ0n) is 12.9. The molecule has 2 amide bonds. The van der Waals surface area contributed by atoms with Gasteiger partial charge in [-0.3, -0.25) is 0 Å². The maximum absolute atomic E-state index is 11.8. The molecule has 0 atom stereocenters. The van der Waals surface area contributed by atoms with E-state index >= 15 is 0 Å². The maximum atomic E-state index is 11.8. The SMILES string of the molecule is COc1c(I)cc(NC(=O)NC(C)C)cc1C(C)(C)C. The second kappa shape index (κ2) is 6.65. The lowest BCUT2D eigenvalue weighted by Crippen LogP contribution is -2.34. The number of urea groups is 1. The lowest BCUT2D eigenvalue weighted by atomic mass is 9.86. The van der Waals surface area contributed by atoms with Gasteiger partial charge in [0.2, 0.25) is 0 Å². The molecule has 1 aromatic rings. The number of methoxy groups -OCH3 is 1. The van der Waals surface area contributed by atoms with E-state index in [0.717, 1.165) is 20.6 Å². The van der Waals surface area contributed by atoms with Crippen LogP contribution < -0.4 is 15.4 Å². The van der Waals surface area contributed by atoms with Crippen molar-refractivity contribution in [2.45, 2.75) is 46.1 Å². The van der Waals surface area contributed by atoms with Gasteiger partial charge in [-0.05, 0) is 54.0 Å². The van der Waals surface area contributed by atoms with Crippen LogP contribution in [0.5, 0.6) is 5.75 Å². The fourth-order valence-corrected chi connectivity index (χ4v) is 2.71. The minimum Gasteiger partial charge on any atom is -0.495 e. The summed E-state index contributed by atoms with van der Waals surface area (Å²) in [5.41, 5.74) is 1.79. The molecule has 0 spiro atoms. The third-order valence-electron chi connectivity index (χ3n) is 2.73. The first-order chi connectivity index (χ1) is 9.15. The zero-order valence-corrected chi connectivity index (χ0v) is 15.1. The van der Waals surface area contributed by atoms with Gasteiger partial charge in [-0.1, -0.05) is 20.8 Å². The van der Waals surface area contributed by atoms with Crippen molar-refractivity contribution in [1.29, 1.82) is 0 Å². The highest BCUT2D eigenvalue weighted by atomic mass is 127. The molecular formula is C15H23IN2O2. The zero-order chi connectivity index (χ0) is 15.5. The molecule has 0 radical (unpaired) electrons. The van der Waals surface area contributed by atoms with Crippen molar-refractivity contribution >= 4 is 34.3 Å². The van der Waals surface area contributed by atoms with E-state index in [1.54, 1.807) is 7.11 Å². The highest BCUT2D eigenvalue weighted by Gasteiger charge is 2.22. The van der Waals surface area contributed by atoms with Gasteiger partial charge in [0.15, 0.2) is 0 Å². The minimum atomic E-state index is -0.194. The molecule has 0 saturated heterocycles. The van der Waals surface area contributed by atoms with E-state index in [0.29, 0.717) is 0 Å². The number of carbonyl (C=O) groups is 1. The fourth-order valence-electron chi connectivity index (χ4n) is 1.86. The summed E-state index contributed by atoms with van der Waals surface area (Å²) in [6, 6.07) is 3.80. The van der Waals surface area contributed by atoms with Crippen LogP contribution in [0.3, 0.4) is 0 Å². The normalized spacial score (nSPS) is 11.4. The lowest BCUT2D eigenvalue weighted by Gasteiger charge is -2.24. The number of hydrogen-bond donors (Lipinski definition) is 2. The van der Waals surface area contributed by atoms with Crippen molar-refractivity contribution in [2.24, 2.45) is 0 Å². The molecule has 0 unspecified atom stereocenters. The Bertz CT molecular complexity index is 493. The van der Waals surface area contributed by atoms with Crippen LogP contribution in [0.4, 0.5) is 10.5 Å². The molecule has 1 aromatic carbocycles. The van der Waals surface area contributed by atoms with Crippen molar-refractivity contribution in [3.8, 4) is 5.75 Å². The Morgan fingerprint density at radius 1 is 1.30 bits per heavy atom. The Labute approximate surface area is 134 Å². The molecule has 5 heteroatoms. The van der Waals surface area contributed by atoms with Gasteiger partial charge in [-0.25, -0.2) is 4.79 Å². The first-order valence-corrected chi connectivity index (χ1v) is 7.68. The van der Waals surface area contributed by atoms with Crippen LogP contribution in [0.15, 0.2) is 12.1 Å². The third kappa shape index (κ3) is 4.54. The fraction of sp³-hybridized carbons (Fsp3) is 0.533. The molecule has 0 aromatic heterocycles. The van der Waals surface area contributed by atoms with Gasteiger partial charge in [0.05, 0.1) is 10.7 Å². The first kappa shape index (κ1) is 17.1. The highest BCUT2D eigenvalue weighted by Crippen LogP contribution is 2.37. The monoisotopic (exact) mass is 390 g/mol. The van der Waals surface area contributed by atoms with Crippen molar-refractivity contribution in [3.05, 3.63) is 21.3 Å². The highest BCUT2D eigenvalue weighted by molar-refractivity contribution is 14.1. The molecule has 0 aliphatic heterocycles. The van der Waals surface area contributed by atoms with Crippen LogP contribution in [0.1, 0.15) is 40.2 Å². The van der Waals surface area contributed by atoms with Crippen LogP contribution in [0, 0.1) is 3.57 Å². The Balaban J connectivity index is 3.12. The van der Waals surface area contributed by atoms with E-state index in [-0.39, 0.29) is 17.5 Å². The van der Waals surface area contributed by atoms with E-state index in [1.165, 1.54) is 0 Å². The van der Waals surface area contributed by atoms with E-state index in [1.807, 2.05) is 26.0 Å². The number of amides is 2. The van der Waals surface area contributed by atoms with Crippen molar-refractivity contribution < 1.29 is 9.53 Å². The van der Waals surface area contributed by atoms with Gasteiger partial charge < -0.3 is 15.4 Å². The van der Waals surface area contributed by atoms with Crippen molar-refractivity contribution in [3.63, 3.8) is 0 Å². The molecule has 0 fully saturated rings. The minimum absolute atomic E-state index is 0.0581. The number of nitrogens with one attached hydrogen (secondary N) is 2. The summed E-state index contributed by atoms with van der Waals surface area (Å²) in [5, 5.41) is 5.68. The summed E-state index contributed by atoms with van der Waals surface area (Å²) in [5.74, 6) is 0.868. The predicted octanol–water partition coefficient (Wildman–Crippen LogP) is 4.13. The second-order valence-corrected chi connectivity index (χ2v) is 7.20. The lowest BCUT2D eigenvalue weighted by molar-refractivity contribution is 0.250. The standard InChI is InChI=1S/C15H23IN2O2/c1-9(2)17-14(19)18-10-7-11(15(3,4)5)13(20-6)12(16)8-10/h7-9H,1-6H3,(H2,17,18,19). The summed E-state index contributed by atoms with van der Waals surface area (Å²) >= 11 is 2.23. The Morgan fingerprint density at radius 2 is 1.90 bits per heavy atom. The molecule has 0 bridgehead atoms. The Hall–Kier alpha value is -0.980. The molecule has 0 heterocycles. The molecule has 0 aliphatic rings. The van der Waals surface area contributed by atoms with Crippen molar-refractivity contribution in [1.82, 2.24) is 5.32 Å². The third-order valence-corrected chi connectivity index (χ3v) is 3.53. The van der Waals surface area contributed by atoms with Gasteiger partial charge in [0, 0.05) is 17.3 Å². The van der Waals surface area contributed by atoms with Gasteiger partial charge in [-0.15, -0.1) is 0 Å². The van der Waals surface area contributed by atoms with Gasteiger partial charge in [0.25, 0.3) is 0 Å². The summed E-state index contributed by atoms with van der Waals surface area (Å²) in [4.78, 5) is 11.8. The Morgan fingerprint density at radius 3 is 2.35 bits per heavy atom. The average molecular weight is 390 g/mol. The molecule has 2 N–H and O–H groups in total. The van der Waals surface area contributed by atoms with Gasteiger partial charge >= 0.3 is 6.03 Å². The number of benzene rings is 1. The number of ether oxygens (including phenoxy) is 1. The van der Waals surface area contributed by atoms with Crippen LogP contribution in [-0.4, -0.2) is 19.2 Å². The first-order valence-electron chi connectivity index (χ1n) is 6.60. The number of carbonyl (C=O) groups excluding carboxylic acids is 1. The Kier molecular flexibility index (Phi) is 5.68. The molecule has 1 rings (SSSR count). The van der Waals surface area contributed by atoms with Gasteiger partial charge in [-0.2, -0.15) is 0 Å². The molecule has 112 valence electrons. The number of hydrogen-bond acceptors (Lipinski definition) is 2. The molecule has 20 heavy (non-hydrogen) atoms. The summed E-state index contributed by atoms with van der Waals surface area (Å²) in [6.45, 7) is 10.2. The quantitative estimate of drug-likeness (QED) is 0.763. The molecule has 4 nitrogen and oxygen atoms in total. The van der Waals surface area contributed by atoms with Crippen molar-refractivity contribution in [2.75, 3.05) is 12.4 Å². The second-order valence-electron chi connectivity index (χ2n) is 6.04. The van der Waals surface area contributed by atoms with Crippen LogP contribution in [-0.2, 0) is 5.41 Å². The summed E-state index contributed by atoms with van der Waals surface area (Å²) in [7, 11) is 1.67. The van der Waals surface area contributed by atoms with Crippen LogP contribution >= 0.6 is 22.6 Å². The number of anilines is 1. The molecule has 0 saturated carbocycles. The van der Waals surface area contributed by atoms with Crippen LogP contribution in [0.2, 0.25) is 0 Å². The molecular weight excluding hydrogens is 367 g/mol. The van der Waals surface area contributed by atoms with Gasteiger partial charge in [0.1, 0.15) is 5.75 Å². The van der Waals surface area contributed by atoms with E-state index < -0.39 is 0 Å². The van der Waals surface area contributed by atoms with E-state index in [9.17, 15) is 4.79 Å². The topological polar surface area (TPSA) is 50.4 Å². The maximum Gasteiger partial charge on any atom is 0.319 e. The summed E-state index contributed by atoms with van der Waals surface area (Å²) < 4.78 is 6.48. The average Bonchev–Trinajstić information content (AvgIpc) is 2.25. The predicted molar refractivity (Wildman–Crippen MR) is 91.7 cm³/mol.